The number of ether oxygens (including phenoxy) is 1. The quantitative estimate of drug-likeness (QED) is 0.796. The van der Waals surface area contributed by atoms with Crippen molar-refractivity contribution in [1.82, 2.24) is 0 Å². The molecule has 0 fully saturated rings. The molecule has 16 heavy (non-hydrogen) atoms. The Morgan fingerprint density at radius 3 is 2.62 bits per heavy atom. The number of benzene rings is 1. The highest BCUT2D eigenvalue weighted by Crippen LogP contribution is 2.26. The highest BCUT2D eigenvalue weighted by molar-refractivity contribution is 5.43. The van der Waals surface area contributed by atoms with E-state index in [1.165, 1.54) is 5.56 Å². The van der Waals surface area contributed by atoms with Crippen LogP contribution in [0, 0.1) is 13.8 Å². The second-order valence-electron chi connectivity index (χ2n) is 4.20. The number of nitrogens with two attached hydrogens (primary N) is 1. The van der Waals surface area contributed by atoms with Crippen LogP contribution >= 0.6 is 0 Å². The van der Waals surface area contributed by atoms with E-state index in [9.17, 15) is 5.11 Å². The van der Waals surface area contributed by atoms with Crippen LogP contribution in [0.3, 0.4) is 0 Å². The second-order valence-corrected chi connectivity index (χ2v) is 4.20. The molecular formula is C13H21NO2. The van der Waals surface area contributed by atoms with Gasteiger partial charge >= 0.3 is 0 Å². The second kappa shape index (κ2) is 5.87. The molecule has 1 aromatic carbocycles. The van der Waals surface area contributed by atoms with Crippen molar-refractivity contribution in [1.29, 1.82) is 0 Å². The van der Waals surface area contributed by atoms with Gasteiger partial charge in [-0.05, 0) is 37.8 Å². The maximum atomic E-state index is 9.46. The monoisotopic (exact) mass is 223 g/mol. The summed E-state index contributed by atoms with van der Waals surface area (Å²) in [5.41, 5.74) is 8.89. The molecular weight excluding hydrogens is 202 g/mol. The first kappa shape index (κ1) is 13.0. The molecule has 0 aliphatic heterocycles. The van der Waals surface area contributed by atoms with E-state index in [-0.39, 0.29) is 0 Å². The summed E-state index contributed by atoms with van der Waals surface area (Å²) in [4.78, 5) is 0. The van der Waals surface area contributed by atoms with Gasteiger partial charge in [0, 0.05) is 6.54 Å². The van der Waals surface area contributed by atoms with Gasteiger partial charge < -0.3 is 15.6 Å². The number of methoxy groups -OCH3 is 1. The zero-order chi connectivity index (χ0) is 12.1. The van der Waals surface area contributed by atoms with Crippen LogP contribution in [-0.2, 0) is 6.42 Å². The van der Waals surface area contributed by atoms with Crippen molar-refractivity contribution in [2.75, 3.05) is 13.7 Å². The Morgan fingerprint density at radius 1 is 1.38 bits per heavy atom. The third kappa shape index (κ3) is 3.22. The largest absolute Gasteiger partial charge is 0.496 e. The third-order valence-corrected chi connectivity index (χ3v) is 2.72. The van der Waals surface area contributed by atoms with Gasteiger partial charge in [-0.15, -0.1) is 0 Å². The zero-order valence-corrected chi connectivity index (χ0v) is 10.3. The smallest absolute Gasteiger partial charge is 0.124 e. The van der Waals surface area contributed by atoms with Gasteiger partial charge in [0.1, 0.15) is 5.75 Å². The summed E-state index contributed by atoms with van der Waals surface area (Å²) in [6, 6.07) is 4.21. The molecule has 1 unspecified atom stereocenters. The molecule has 0 saturated carbocycles. The molecule has 0 aromatic heterocycles. The molecule has 0 saturated heterocycles. The lowest BCUT2D eigenvalue weighted by Crippen LogP contribution is -2.20. The molecule has 3 heteroatoms. The minimum Gasteiger partial charge on any atom is -0.496 e. The third-order valence-electron chi connectivity index (χ3n) is 2.72. The highest BCUT2D eigenvalue weighted by Gasteiger charge is 2.09. The van der Waals surface area contributed by atoms with E-state index >= 15 is 0 Å². The predicted octanol–water partition coefficient (Wildman–Crippen LogP) is 1.56. The molecule has 0 radical (unpaired) electrons. The van der Waals surface area contributed by atoms with Crippen molar-refractivity contribution in [3.63, 3.8) is 0 Å². The SMILES string of the molecule is COc1c(C)cc(C)cc1CCC(O)CN. The number of hydrogen-bond donors (Lipinski definition) is 2. The van der Waals surface area contributed by atoms with Gasteiger partial charge in [0.15, 0.2) is 0 Å². The van der Waals surface area contributed by atoms with Crippen LogP contribution in [0.2, 0.25) is 0 Å². The van der Waals surface area contributed by atoms with Crippen LogP contribution in [0.5, 0.6) is 5.75 Å². The van der Waals surface area contributed by atoms with E-state index in [2.05, 4.69) is 19.1 Å². The number of rotatable bonds is 5. The first-order chi connectivity index (χ1) is 7.58. The molecule has 1 rings (SSSR count). The molecule has 1 aromatic rings. The average Bonchev–Trinajstić information content (AvgIpc) is 2.25. The molecule has 90 valence electrons. The lowest BCUT2D eigenvalue weighted by Gasteiger charge is -2.14. The molecule has 0 aliphatic rings. The molecule has 3 N–H and O–H groups in total. The molecule has 0 bridgehead atoms. The minimum atomic E-state index is -0.425. The van der Waals surface area contributed by atoms with Crippen LogP contribution in [0.4, 0.5) is 0 Å². The fourth-order valence-electron chi connectivity index (χ4n) is 1.96. The van der Waals surface area contributed by atoms with Crippen molar-refractivity contribution in [3.8, 4) is 5.75 Å². The van der Waals surface area contributed by atoms with Gasteiger partial charge in [0.05, 0.1) is 13.2 Å². The fourth-order valence-corrected chi connectivity index (χ4v) is 1.96. The Kier molecular flexibility index (Phi) is 4.77. The Bertz CT molecular complexity index is 350. The first-order valence-corrected chi connectivity index (χ1v) is 5.60. The summed E-state index contributed by atoms with van der Waals surface area (Å²) in [6.45, 7) is 4.41. The van der Waals surface area contributed by atoms with Crippen LogP contribution in [0.1, 0.15) is 23.1 Å². The van der Waals surface area contributed by atoms with Crippen LogP contribution < -0.4 is 10.5 Å². The first-order valence-electron chi connectivity index (χ1n) is 5.60. The summed E-state index contributed by atoms with van der Waals surface area (Å²) in [7, 11) is 1.68. The van der Waals surface area contributed by atoms with Crippen LogP contribution in [-0.4, -0.2) is 24.9 Å². The van der Waals surface area contributed by atoms with E-state index in [4.69, 9.17) is 10.5 Å². The van der Waals surface area contributed by atoms with Crippen molar-refractivity contribution < 1.29 is 9.84 Å². The zero-order valence-electron chi connectivity index (χ0n) is 10.3. The van der Waals surface area contributed by atoms with E-state index < -0.39 is 6.10 Å². The Balaban J connectivity index is 2.85. The van der Waals surface area contributed by atoms with Crippen molar-refractivity contribution in [2.45, 2.75) is 32.8 Å². The number of aliphatic hydroxyl groups is 1. The molecule has 1 atom stereocenters. The standard InChI is InChI=1S/C13H21NO2/c1-9-6-10(2)13(16-3)11(7-9)4-5-12(15)8-14/h6-7,12,15H,4-5,8,14H2,1-3H3. The summed E-state index contributed by atoms with van der Waals surface area (Å²) in [5.74, 6) is 0.926. The van der Waals surface area contributed by atoms with E-state index in [1.807, 2.05) is 6.92 Å². The Morgan fingerprint density at radius 2 is 2.06 bits per heavy atom. The van der Waals surface area contributed by atoms with Crippen LogP contribution in [0.15, 0.2) is 12.1 Å². The van der Waals surface area contributed by atoms with Crippen molar-refractivity contribution >= 4 is 0 Å². The van der Waals surface area contributed by atoms with Gasteiger partial charge in [0.25, 0.3) is 0 Å². The lowest BCUT2D eigenvalue weighted by molar-refractivity contribution is 0.173. The van der Waals surface area contributed by atoms with E-state index in [1.54, 1.807) is 7.11 Å². The van der Waals surface area contributed by atoms with Gasteiger partial charge in [-0.2, -0.15) is 0 Å². The maximum Gasteiger partial charge on any atom is 0.124 e. The Labute approximate surface area is 97.2 Å². The van der Waals surface area contributed by atoms with Crippen molar-refractivity contribution in [2.24, 2.45) is 5.73 Å². The summed E-state index contributed by atoms with van der Waals surface area (Å²) in [6.07, 6.45) is 1.05. The summed E-state index contributed by atoms with van der Waals surface area (Å²) < 4.78 is 5.38. The normalized spacial score (nSPS) is 12.6. The summed E-state index contributed by atoms with van der Waals surface area (Å²) in [5, 5.41) is 9.46. The topological polar surface area (TPSA) is 55.5 Å². The average molecular weight is 223 g/mol. The van der Waals surface area contributed by atoms with Gasteiger partial charge in [-0.3, -0.25) is 0 Å². The summed E-state index contributed by atoms with van der Waals surface area (Å²) >= 11 is 0. The maximum absolute atomic E-state index is 9.46. The van der Waals surface area contributed by atoms with Crippen LogP contribution in [0.25, 0.3) is 0 Å². The number of aliphatic hydroxyl groups excluding tert-OH is 1. The molecule has 0 spiro atoms. The predicted molar refractivity (Wildman–Crippen MR) is 65.9 cm³/mol. The van der Waals surface area contributed by atoms with E-state index in [0.717, 1.165) is 23.3 Å². The van der Waals surface area contributed by atoms with Gasteiger partial charge in [-0.25, -0.2) is 0 Å². The highest BCUT2D eigenvalue weighted by atomic mass is 16.5. The lowest BCUT2D eigenvalue weighted by atomic mass is 10.0. The minimum absolute atomic E-state index is 0.313. The molecule has 0 aliphatic carbocycles. The molecule has 3 nitrogen and oxygen atoms in total. The Hall–Kier alpha value is -1.06. The van der Waals surface area contributed by atoms with Gasteiger partial charge in [0.2, 0.25) is 0 Å². The molecule has 0 heterocycles. The van der Waals surface area contributed by atoms with E-state index in [0.29, 0.717) is 13.0 Å². The molecule has 0 amide bonds. The van der Waals surface area contributed by atoms with Crippen molar-refractivity contribution in [3.05, 3.63) is 28.8 Å². The fraction of sp³-hybridized carbons (Fsp3) is 0.538. The number of aryl methyl sites for hydroxylation is 3. The number of hydrogen-bond acceptors (Lipinski definition) is 3. The van der Waals surface area contributed by atoms with Gasteiger partial charge in [-0.1, -0.05) is 17.7 Å².